The van der Waals surface area contributed by atoms with Gasteiger partial charge in [0.15, 0.2) is 5.82 Å². The van der Waals surface area contributed by atoms with E-state index in [0.29, 0.717) is 10.7 Å². The van der Waals surface area contributed by atoms with Crippen LogP contribution in [-0.4, -0.2) is 24.7 Å². The Balaban J connectivity index is 1.73. The number of H-pyrrole nitrogens is 1. The van der Waals surface area contributed by atoms with Crippen LogP contribution in [0.15, 0.2) is 41.8 Å². The van der Waals surface area contributed by atoms with Gasteiger partial charge in [0.2, 0.25) is 5.16 Å². The summed E-state index contributed by atoms with van der Waals surface area (Å²) in [5, 5.41) is 6.91. The van der Waals surface area contributed by atoms with Crippen molar-refractivity contribution in [3.63, 3.8) is 0 Å². The predicted octanol–water partition coefficient (Wildman–Crippen LogP) is 3.49. The number of aromatic amines is 1. The topological polar surface area (TPSA) is 59.4 Å². The third-order valence-corrected chi connectivity index (χ3v) is 3.73. The molecule has 1 aromatic carbocycles. The fourth-order valence-corrected chi connectivity index (χ4v) is 2.60. The van der Waals surface area contributed by atoms with Gasteiger partial charge in [-0.1, -0.05) is 23.9 Å². The van der Waals surface area contributed by atoms with Crippen LogP contribution in [0.4, 0.5) is 13.2 Å². The first-order valence-electron chi connectivity index (χ1n) is 6.25. The molecule has 0 saturated carbocycles. The van der Waals surface area contributed by atoms with E-state index in [0.717, 1.165) is 16.3 Å². The fraction of sp³-hybridized carbons (Fsp3) is 0.154. The van der Waals surface area contributed by atoms with E-state index in [9.17, 15) is 13.2 Å². The summed E-state index contributed by atoms with van der Waals surface area (Å²) < 4.78 is 39.8. The number of alkyl halides is 2. The molecule has 3 aromatic rings. The van der Waals surface area contributed by atoms with E-state index in [2.05, 4.69) is 20.2 Å². The zero-order valence-corrected chi connectivity index (χ0v) is 11.9. The van der Waals surface area contributed by atoms with Gasteiger partial charge in [0.05, 0.1) is 11.3 Å². The number of rotatable bonds is 5. The Morgan fingerprint density at radius 3 is 2.86 bits per heavy atom. The first-order chi connectivity index (χ1) is 10.6. The Hall–Kier alpha value is -2.29. The standard InChI is InChI=1S/C13H10F3N5S/c14-9-4-2-1-3-8(9)11-18-13(20-19-11)22-7-10-17-5-6-21(10)12(15)16/h1-6,12H,7H2,(H,18,19,20). The van der Waals surface area contributed by atoms with E-state index in [1.165, 1.54) is 18.5 Å². The van der Waals surface area contributed by atoms with Crippen LogP contribution in [0.3, 0.4) is 0 Å². The molecule has 0 fully saturated rings. The van der Waals surface area contributed by atoms with Crippen molar-refractivity contribution in [2.75, 3.05) is 0 Å². The van der Waals surface area contributed by atoms with E-state index >= 15 is 0 Å². The molecule has 0 radical (unpaired) electrons. The highest BCUT2D eigenvalue weighted by Gasteiger charge is 2.14. The molecule has 114 valence electrons. The van der Waals surface area contributed by atoms with Crippen molar-refractivity contribution >= 4 is 11.8 Å². The number of hydrogen-bond donors (Lipinski definition) is 1. The number of aromatic nitrogens is 5. The van der Waals surface area contributed by atoms with Crippen LogP contribution < -0.4 is 0 Å². The summed E-state index contributed by atoms with van der Waals surface area (Å²) in [7, 11) is 0. The van der Waals surface area contributed by atoms with Crippen molar-refractivity contribution in [2.45, 2.75) is 17.5 Å². The van der Waals surface area contributed by atoms with Crippen molar-refractivity contribution in [1.29, 1.82) is 0 Å². The maximum Gasteiger partial charge on any atom is 0.319 e. The summed E-state index contributed by atoms with van der Waals surface area (Å²) in [6.07, 6.45) is 2.52. The number of imidazole rings is 1. The molecule has 0 aliphatic heterocycles. The van der Waals surface area contributed by atoms with Gasteiger partial charge in [0.25, 0.3) is 0 Å². The summed E-state index contributed by atoms with van der Waals surface area (Å²) >= 11 is 1.14. The zero-order valence-electron chi connectivity index (χ0n) is 11.1. The molecule has 0 aliphatic rings. The first-order valence-corrected chi connectivity index (χ1v) is 7.23. The van der Waals surface area contributed by atoms with Gasteiger partial charge in [0, 0.05) is 12.4 Å². The van der Waals surface area contributed by atoms with Crippen LogP contribution in [0.5, 0.6) is 0 Å². The largest absolute Gasteiger partial charge is 0.319 e. The minimum atomic E-state index is -2.64. The second kappa shape index (κ2) is 6.22. The van der Waals surface area contributed by atoms with E-state index < -0.39 is 12.4 Å². The first kappa shape index (κ1) is 14.6. The molecule has 0 spiro atoms. The Morgan fingerprint density at radius 1 is 1.27 bits per heavy atom. The summed E-state index contributed by atoms with van der Waals surface area (Å²) in [6.45, 7) is -2.64. The van der Waals surface area contributed by atoms with Crippen LogP contribution in [0.25, 0.3) is 11.4 Å². The second-order valence-corrected chi connectivity index (χ2v) is 5.21. The summed E-state index contributed by atoms with van der Waals surface area (Å²) in [4.78, 5) is 8.02. The molecular formula is C13H10F3N5S. The van der Waals surface area contributed by atoms with E-state index in [1.54, 1.807) is 18.2 Å². The summed E-state index contributed by atoms with van der Waals surface area (Å²) in [5.74, 6) is 0.282. The molecule has 0 saturated heterocycles. The van der Waals surface area contributed by atoms with Crippen molar-refractivity contribution in [3.8, 4) is 11.4 Å². The Kier molecular flexibility index (Phi) is 4.14. The van der Waals surface area contributed by atoms with Crippen molar-refractivity contribution < 1.29 is 13.2 Å². The lowest BCUT2D eigenvalue weighted by atomic mass is 10.2. The minimum absolute atomic E-state index is 0.186. The summed E-state index contributed by atoms with van der Waals surface area (Å²) in [6, 6.07) is 6.17. The highest BCUT2D eigenvalue weighted by atomic mass is 32.2. The molecule has 0 bridgehead atoms. The third kappa shape index (κ3) is 2.98. The van der Waals surface area contributed by atoms with Gasteiger partial charge in [-0.25, -0.2) is 14.4 Å². The van der Waals surface area contributed by atoms with Crippen molar-refractivity contribution in [1.82, 2.24) is 24.7 Å². The average molecular weight is 325 g/mol. The Morgan fingerprint density at radius 2 is 2.09 bits per heavy atom. The fourth-order valence-electron chi connectivity index (χ4n) is 1.85. The molecule has 0 unspecified atom stereocenters. The Labute approximate surface area is 127 Å². The molecule has 0 aliphatic carbocycles. The molecule has 22 heavy (non-hydrogen) atoms. The second-order valence-electron chi connectivity index (χ2n) is 4.26. The zero-order chi connectivity index (χ0) is 15.5. The third-order valence-electron chi connectivity index (χ3n) is 2.88. The molecule has 1 N–H and O–H groups in total. The molecule has 9 heteroatoms. The molecule has 2 heterocycles. The molecule has 3 rings (SSSR count). The van der Waals surface area contributed by atoms with Gasteiger partial charge in [-0.05, 0) is 12.1 Å². The van der Waals surface area contributed by atoms with Gasteiger partial charge < -0.3 is 0 Å². The molecule has 0 amide bonds. The van der Waals surface area contributed by atoms with E-state index in [1.807, 2.05) is 0 Å². The van der Waals surface area contributed by atoms with Crippen LogP contribution in [0.2, 0.25) is 0 Å². The van der Waals surface area contributed by atoms with Crippen LogP contribution in [0.1, 0.15) is 12.4 Å². The van der Waals surface area contributed by atoms with E-state index in [-0.39, 0.29) is 17.4 Å². The average Bonchev–Trinajstić information content (AvgIpc) is 3.14. The molecule has 5 nitrogen and oxygen atoms in total. The maximum atomic E-state index is 13.6. The molecule has 0 atom stereocenters. The molecular weight excluding hydrogens is 315 g/mol. The highest BCUT2D eigenvalue weighted by Crippen LogP contribution is 2.24. The Bertz CT molecular complexity index is 770. The minimum Gasteiger partial charge on any atom is -0.277 e. The number of thioether (sulfide) groups is 1. The lowest BCUT2D eigenvalue weighted by Gasteiger charge is -2.04. The highest BCUT2D eigenvalue weighted by molar-refractivity contribution is 7.98. The normalized spacial score (nSPS) is 11.3. The van der Waals surface area contributed by atoms with Gasteiger partial charge in [-0.3, -0.25) is 9.67 Å². The number of hydrogen-bond acceptors (Lipinski definition) is 4. The van der Waals surface area contributed by atoms with Gasteiger partial charge >= 0.3 is 6.55 Å². The van der Waals surface area contributed by atoms with Gasteiger partial charge in [-0.2, -0.15) is 8.78 Å². The van der Waals surface area contributed by atoms with E-state index in [4.69, 9.17) is 0 Å². The van der Waals surface area contributed by atoms with Crippen molar-refractivity contribution in [2.24, 2.45) is 0 Å². The monoisotopic (exact) mass is 325 g/mol. The van der Waals surface area contributed by atoms with Gasteiger partial charge in [-0.15, -0.1) is 5.10 Å². The number of nitrogens with zero attached hydrogens (tertiary/aromatic N) is 4. The van der Waals surface area contributed by atoms with Crippen LogP contribution in [-0.2, 0) is 5.75 Å². The number of halogens is 3. The van der Waals surface area contributed by atoms with Gasteiger partial charge in [0.1, 0.15) is 11.6 Å². The lowest BCUT2D eigenvalue weighted by Crippen LogP contribution is -2.02. The summed E-state index contributed by atoms with van der Waals surface area (Å²) in [5.41, 5.74) is 0.302. The smallest absolute Gasteiger partial charge is 0.277 e. The van der Waals surface area contributed by atoms with Crippen LogP contribution >= 0.6 is 11.8 Å². The van der Waals surface area contributed by atoms with Crippen LogP contribution in [0, 0.1) is 5.82 Å². The number of nitrogens with one attached hydrogen (secondary N) is 1. The van der Waals surface area contributed by atoms with Crippen molar-refractivity contribution in [3.05, 3.63) is 48.3 Å². The lowest BCUT2D eigenvalue weighted by molar-refractivity contribution is 0.0678. The maximum absolute atomic E-state index is 13.6. The number of benzene rings is 1. The SMILES string of the molecule is Fc1ccccc1-c1nc(SCc2nccn2C(F)F)n[nH]1. The predicted molar refractivity (Wildman–Crippen MR) is 74.8 cm³/mol. The molecule has 2 aromatic heterocycles. The quantitative estimate of drug-likeness (QED) is 0.730.